The summed E-state index contributed by atoms with van der Waals surface area (Å²) < 4.78 is 15.8. The summed E-state index contributed by atoms with van der Waals surface area (Å²) in [4.78, 5) is 11.6. The van der Waals surface area contributed by atoms with Crippen molar-refractivity contribution >= 4 is 5.97 Å². The van der Waals surface area contributed by atoms with Crippen LogP contribution in [-0.4, -0.2) is 25.0 Å². The third-order valence-electron chi connectivity index (χ3n) is 3.36. The Hall–Kier alpha value is -1.56. The van der Waals surface area contributed by atoms with E-state index >= 15 is 0 Å². The summed E-state index contributed by atoms with van der Waals surface area (Å²) in [7, 11) is 1.90. The van der Waals surface area contributed by atoms with E-state index in [0.717, 1.165) is 30.6 Å². The van der Waals surface area contributed by atoms with Crippen molar-refractivity contribution in [3.8, 4) is 5.88 Å². The first kappa shape index (κ1) is 14.8. The molecule has 1 aliphatic rings. The van der Waals surface area contributed by atoms with Gasteiger partial charge in [0.2, 0.25) is 6.79 Å². The molecule has 0 aliphatic heterocycles. The van der Waals surface area contributed by atoms with E-state index in [0.29, 0.717) is 5.88 Å². The highest BCUT2D eigenvalue weighted by molar-refractivity contribution is 5.75. The Labute approximate surface area is 118 Å². The van der Waals surface area contributed by atoms with Gasteiger partial charge in [-0.2, -0.15) is 0 Å². The summed E-state index contributed by atoms with van der Waals surface area (Å²) in [5.74, 6) is 0.966. The van der Waals surface area contributed by atoms with Gasteiger partial charge in [0.25, 0.3) is 5.88 Å². The molecule has 0 saturated heterocycles. The lowest BCUT2D eigenvalue weighted by molar-refractivity contribution is -0.159. The average molecular weight is 282 g/mol. The van der Waals surface area contributed by atoms with Crippen molar-refractivity contribution in [3.63, 3.8) is 0 Å². The number of nitrogens with zero attached hydrogens (tertiary/aromatic N) is 1. The fourth-order valence-corrected chi connectivity index (χ4v) is 2.20. The van der Waals surface area contributed by atoms with Crippen LogP contribution in [-0.2, 0) is 16.0 Å². The molecule has 0 spiro atoms. The minimum atomic E-state index is -0.542. The Morgan fingerprint density at radius 2 is 2.25 bits per heavy atom. The maximum Gasteiger partial charge on any atom is 0.314 e. The first-order valence-electron chi connectivity index (χ1n) is 6.89. The molecule has 1 unspecified atom stereocenters. The molecular formula is C14H22N2O4. The zero-order valence-electron chi connectivity index (χ0n) is 12.5. The second-order valence-electron chi connectivity index (χ2n) is 6.00. The molecule has 20 heavy (non-hydrogen) atoms. The number of hydrogen-bond acceptors (Lipinski definition) is 6. The molecule has 1 aromatic heterocycles. The molecular weight excluding hydrogens is 260 g/mol. The molecule has 6 heteroatoms. The Morgan fingerprint density at radius 1 is 1.50 bits per heavy atom. The van der Waals surface area contributed by atoms with Crippen LogP contribution in [0.25, 0.3) is 0 Å². The number of nitrogens with one attached hydrogen (secondary N) is 1. The molecule has 0 fully saturated rings. The third-order valence-corrected chi connectivity index (χ3v) is 3.36. The highest BCUT2D eigenvalue weighted by Gasteiger charge is 2.29. The van der Waals surface area contributed by atoms with Crippen LogP contribution in [0.3, 0.4) is 0 Å². The highest BCUT2D eigenvalue weighted by atomic mass is 16.7. The number of fused-ring (bicyclic) bond motifs is 1. The van der Waals surface area contributed by atoms with Crippen molar-refractivity contribution in [2.45, 2.75) is 46.1 Å². The lowest BCUT2D eigenvalue weighted by Gasteiger charge is -2.21. The molecule has 2 rings (SSSR count). The van der Waals surface area contributed by atoms with Gasteiger partial charge in [-0.1, -0.05) is 0 Å². The normalized spacial score (nSPS) is 18.5. The van der Waals surface area contributed by atoms with Crippen molar-refractivity contribution in [1.82, 2.24) is 10.5 Å². The zero-order chi connectivity index (χ0) is 14.8. The fraction of sp³-hybridized carbons (Fsp3) is 0.714. The van der Waals surface area contributed by atoms with Crippen LogP contribution in [0.5, 0.6) is 5.88 Å². The first-order valence-corrected chi connectivity index (χ1v) is 6.89. The van der Waals surface area contributed by atoms with Gasteiger partial charge in [-0.25, -0.2) is 0 Å². The monoisotopic (exact) mass is 282 g/mol. The molecule has 0 radical (unpaired) electrons. The largest absolute Gasteiger partial charge is 0.437 e. The third kappa shape index (κ3) is 3.12. The van der Waals surface area contributed by atoms with Crippen LogP contribution in [0.1, 0.15) is 51.0 Å². The number of aromatic nitrogens is 1. The molecule has 112 valence electrons. The quantitative estimate of drug-likeness (QED) is 0.674. The molecule has 0 aromatic carbocycles. The summed E-state index contributed by atoms with van der Waals surface area (Å²) in [6.07, 6.45) is 2.95. The Balaban J connectivity index is 1.98. The zero-order valence-corrected chi connectivity index (χ0v) is 12.5. The van der Waals surface area contributed by atoms with Gasteiger partial charge >= 0.3 is 5.97 Å². The number of esters is 1. The fourth-order valence-electron chi connectivity index (χ4n) is 2.20. The maximum atomic E-state index is 11.6. The average Bonchev–Trinajstić information content (AvgIpc) is 2.81. The van der Waals surface area contributed by atoms with Crippen LogP contribution < -0.4 is 10.1 Å². The van der Waals surface area contributed by atoms with Crippen molar-refractivity contribution in [2.75, 3.05) is 13.8 Å². The van der Waals surface area contributed by atoms with E-state index in [4.69, 9.17) is 14.0 Å². The van der Waals surface area contributed by atoms with Gasteiger partial charge in [-0.15, -0.1) is 0 Å². The molecule has 0 amide bonds. The summed E-state index contributed by atoms with van der Waals surface area (Å²) in [5.41, 5.74) is 0.408. The van der Waals surface area contributed by atoms with Crippen LogP contribution >= 0.6 is 0 Å². The number of hydrogen-bond donors (Lipinski definition) is 1. The van der Waals surface area contributed by atoms with E-state index in [1.807, 2.05) is 7.05 Å². The predicted molar refractivity (Wildman–Crippen MR) is 72.3 cm³/mol. The van der Waals surface area contributed by atoms with E-state index in [-0.39, 0.29) is 18.8 Å². The SMILES string of the molecule is CNC1CCCc2onc(OCOC(=O)C(C)(C)C)c21. The Kier molecular flexibility index (Phi) is 4.32. The highest BCUT2D eigenvalue weighted by Crippen LogP contribution is 2.36. The number of carbonyl (C=O) groups is 1. The van der Waals surface area contributed by atoms with Gasteiger partial charge in [-0.05, 0) is 45.8 Å². The number of aryl methyl sites for hydroxylation is 1. The summed E-state index contributed by atoms with van der Waals surface area (Å²) in [5, 5.41) is 7.15. The van der Waals surface area contributed by atoms with Crippen LogP contribution in [0.4, 0.5) is 0 Å². The molecule has 1 N–H and O–H groups in total. The molecule has 0 saturated carbocycles. The Morgan fingerprint density at radius 3 is 2.90 bits per heavy atom. The standard InChI is InChI=1S/C14H22N2O4/c1-14(2,3)13(17)19-8-18-12-11-9(15-4)6-5-7-10(11)20-16-12/h9,15H,5-8H2,1-4H3. The van der Waals surface area contributed by atoms with Gasteiger partial charge in [0, 0.05) is 12.5 Å². The smallest absolute Gasteiger partial charge is 0.314 e. The van der Waals surface area contributed by atoms with E-state index in [1.54, 1.807) is 20.8 Å². The maximum absolute atomic E-state index is 11.6. The second-order valence-corrected chi connectivity index (χ2v) is 6.00. The molecule has 0 bridgehead atoms. The van der Waals surface area contributed by atoms with Gasteiger partial charge in [0.1, 0.15) is 5.76 Å². The van der Waals surface area contributed by atoms with E-state index in [1.165, 1.54) is 0 Å². The van der Waals surface area contributed by atoms with Gasteiger partial charge in [0.05, 0.1) is 11.0 Å². The molecule has 1 atom stereocenters. The topological polar surface area (TPSA) is 73.6 Å². The molecule has 1 heterocycles. The lowest BCUT2D eigenvalue weighted by atomic mass is 9.93. The van der Waals surface area contributed by atoms with Crippen molar-refractivity contribution in [3.05, 3.63) is 11.3 Å². The van der Waals surface area contributed by atoms with Crippen LogP contribution in [0, 0.1) is 5.41 Å². The second kappa shape index (κ2) is 5.83. The van der Waals surface area contributed by atoms with Gasteiger partial charge < -0.3 is 19.3 Å². The molecule has 1 aromatic rings. The number of carbonyl (C=O) groups excluding carboxylic acids is 1. The van der Waals surface area contributed by atoms with Crippen LogP contribution in [0.2, 0.25) is 0 Å². The Bertz CT molecular complexity index is 476. The van der Waals surface area contributed by atoms with Crippen molar-refractivity contribution in [2.24, 2.45) is 5.41 Å². The van der Waals surface area contributed by atoms with E-state index < -0.39 is 5.41 Å². The number of ether oxygens (including phenoxy) is 2. The minimum Gasteiger partial charge on any atom is -0.437 e. The summed E-state index contributed by atoms with van der Waals surface area (Å²) >= 11 is 0. The van der Waals surface area contributed by atoms with Gasteiger partial charge in [0.15, 0.2) is 0 Å². The van der Waals surface area contributed by atoms with Crippen molar-refractivity contribution in [1.29, 1.82) is 0 Å². The lowest BCUT2D eigenvalue weighted by Crippen LogP contribution is -2.25. The summed E-state index contributed by atoms with van der Waals surface area (Å²) in [6.45, 7) is 5.24. The molecule has 6 nitrogen and oxygen atoms in total. The summed E-state index contributed by atoms with van der Waals surface area (Å²) in [6, 6.07) is 0.179. The minimum absolute atomic E-state index is 0.147. The first-order chi connectivity index (χ1) is 9.43. The van der Waals surface area contributed by atoms with Gasteiger partial charge in [-0.3, -0.25) is 4.79 Å². The van der Waals surface area contributed by atoms with E-state index in [9.17, 15) is 4.79 Å². The van der Waals surface area contributed by atoms with Crippen LogP contribution in [0.15, 0.2) is 4.52 Å². The van der Waals surface area contributed by atoms with Crippen molar-refractivity contribution < 1.29 is 18.8 Å². The van der Waals surface area contributed by atoms with E-state index in [2.05, 4.69) is 10.5 Å². The predicted octanol–water partition coefficient (Wildman–Crippen LogP) is 2.20. The molecule has 1 aliphatic carbocycles. The number of rotatable bonds is 4.